The SMILES string of the molecule is O=C(O)Cc1c[nH]c2cc(-c3cc(Cl)cc(NC(=O)OCc4ccccc4)c3)ccc12. The molecule has 1 heterocycles. The minimum Gasteiger partial charge on any atom is -0.481 e. The average Bonchev–Trinajstić information content (AvgIpc) is 3.14. The lowest BCUT2D eigenvalue weighted by molar-refractivity contribution is -0.136. The van der Waals surface area contributed by atoms with Crippen LogP contribution in [0.4, 0.5) is 10.5 Å². The van der Waals surface area contributed by atoms with E-state index in [1.807, 2.05) is 48.5 Å². The number of carboxylic acids is 1. The molecule has 0 unspecified atom stereocenters. The number of ether oxygens (including phenoxy) is 1. The van der Waals surface area contributed by atoms with Gasteiger partial charge in [0.15, 0.2) is 0 Å². The maximum absolute atomic E-state index is 12.2. The van der Waals surface area contributed by atoms with Crippen molar-refractivity contribution in [3.8, 4) is 11.1 Å². The van der Waals surface area contributed by atoms with Crippen molar-refractivity contribution < 1.29 is 19.4 Å². The first-order valence-corrected chi connectivity index (χ1v) is 9.96. The number of aromatic nitrogens is 1. The Morgan fingerprint density at radius 1 is 1.00 bits per heavy atom. The number of carboxylic acid groups (broad SMARTS) is 1. The Bertz CT molecular complexity index is 1250. The van der Waals surface area contributed by atoms with E-state index in [2.05, 4.69) is 10.3 Å². The number of aromatic amines is 1. The molecular weight excluding hydrogens is 416 g/mol. The number of hydrogen-bond acceptors (Lipinski definition) is 3. The molecule has 0 spiro atoms. The van der Waals surface area contributed by atoms with Crippen LogP contribution in [-0.2, 0) is 22.6 Å². The van der Waals surface area contributed by atoms with E-state index >= 15 is 0 Å². The highest BCUT2D eigenvalue weighted by Gasteiger charge is 2.11. The number of amides is 1. The molecule has 0 radical (unpaired) electrons. The van der Waals surface area contributed by atoms with Gasteiger partial charge in [0.1, 0.15) is 6.61 Å². The Morgan fingerprint density at radius 2 is 1.81 bits per heavy atom. The Kier molecular flexibility index (Phi) is 5.91. The van der Waals surface area contributed by atoms with Gasteiger partial charge in [0.05, 0.1) is 6.42 Å². The molecule has 0 bridgehead atoms. The van der Waals surface area contributed by atoms with E-state index in [0.29, 0.717) is 10.7 Å². The van der Waals surface area contributed by atoms with Gasteiger partial charge in [-0.3, -0.25) is 10.1 Å². The summed E-state index contributed by atoms with van der Waals surface area (Å²) in [6, 6.07) is 20.4. The van der Waals surface area contributed by atoms with E-state index in [1.54, 1.807) is 24.4 Å². The van der Waals surface area contributed by atoms with Crippen molar-refractivity contribution in [2.45, 2.75) is 13.0 Å². The Morgan fingerprint density at radius 3 is 2.58 bits per heavy atom. The summed E-state index contributed by atoms with van der Waals surface area (Å²) in [4.78, 5) is 26.3. The zero-order valence-corrected chi connectivity index (χ0v) is 17.1. The summed E-state index contributed by atoms with van der Waals surface area (Å²) in [5, 5.41) is 13.1. The van der Waals surface area contributed by atoms with E-state index in [1.165, 1.54) is 0 Å². The number of hydrogen-bond donors (Lipinski definition) is 3. The predicted octanol–water partition coefficient (Wildman–Crippen LogP) is 5.86. The van der Waals surface area contributed by atoms with Gasteiger partial charge in [-0.2, -0.15) is 0 Å². The van der Waals surface area contributed by atoms with Crippen LogP contribution in [0.1, 0.15) is 11.1 Å². The van der Waals surface area contributed by atoms with Crippen molar-refractivity contribution >= 4 is 40.3 Å². The Balaban J connectivity index is 1.52. The quantitative estimate of drug-likeness (QED) is 0.354. The van der Waals surface area contributed by atoms with Gasteiger partial charge in [0.25, 0.3) is 0 Å². The fourth-order valence-corrected chi connectivity index (χ4v) is 3.62. The molecule has 3 aromatic carbocycles. The molecule has 6 nitrogen and oxygen atoms in total. The Labute approximate surface area is 183 Å². The van der Waals surface area contributed by atoms with Crippen LogP contribution in [0.5, 0.6) is 0 Å². The smallest absolute Gasteiger partial charge is 0.411 e. The standard InChI is InChI=1S/C24H19ClN2O4/c25-19-8-17(16-6-7-21-18(11-23(28)29)13-26-22(21)10-16)9-20(12-19)27-24(30)31-14-15-4-2-1-3-5-15/h1-10,12-13,26H,11,14H2,(H,27,30)(H,28,29). The van der Waals surface area contributed by atoms with Gasteiger partial charge in [0.2, 0.25) is 0 Å². The van der Waals surface area contributed by atoms with Gasteiger partial charge in [-0.05, 0) is 46.5 Å². The lowest BCUT2D eigenvalue weighted by Crippen LogP contribution is -2.13. The van der Waals surface area contributed by atoms with Gasteiger partial charge >= 0.3 is 12.1 Å². The molecular formula is C24H19ClN2O4. The van der Waals surface area contributed by atoms with Crippen LogP contribution in [0.3, 0.4) is 0 Å². The van der Waals surface area contributed by atoms with Crippen LogP contribution < -0.4 is 5.32 Å². The number of carbonyl (C=O) groups is 2. The molecule has 0 saturated heterocycles. The lowest BCUT2D eigenvalue weighted by Gasteiger charge is -2.10. The third kappa shape index (κ3) is 5.05. The maximum Gasteiger partial charge on any atom is 0.411 e. The van der Waals surface area contributed by atoms with E-state index in [0.717, 1.165) is 33.2 Å². The summed E-state index contributed by atoms with van der Waals surface area (Å²) < 4.78 is 5.26. The second-order valence-electron chi connectivity index (χ2n) is 7.06. The highest BCUT2D eigenvalue weighted by Crippen LogP contribution is 2.30. The van der Waals surface area contributed by atoms with Gasteiger partial charge in [-0.25, -0.2) is 4.79 Å². The van der Waals surface area contributed by atoms with Crippen molar-refractivity contribution in [2.24, 2.45) is 0 Å². The number of rotatable bonds is 6. The number of anilines is 1. The molecule has 0 aliphatic carbocycles. The number of aliphatic carboxylic acids is 1. The van der Waals surface area contributed by atoms with Crippen molar-refractivity contribution in [3.05, 3.63) is 89.1 Å². The molecule has 3 N–H and O–H groups in total. The van der Waals surface area contributed by atoms with Crippen LogP contribution in [0.15, 0.2) is 72.9 Å². The van der Waals surface area contributed by atoms with E-state index in [9.17, 15) is 9.59 Å². The third-order valence-corrected chi connectivity index (χ3v) is 5.02. The fraction of sp³-hybridized carbons (Fsp3) is 0.0833. The molecule has 4 rings (SSSR count). The van der Waals surface area contributed by atoms with Crippen LogP contribution >= 0.6 is 11.6 Å². The molecule has 1 amide bonds. The highest BCUT2D eigenvalue weighted by molar-refractivity contribution is 6.31. The molecule has 4 aromatic rings. The zero-order chi connectivity index (χ0) is 21.8. The molecule has 156 valence electrons. The molecule has 0 fully saturated rings. The largest absolute Gasteiger partial charge is 0.481 e. The van der Waals surface area contributed by atoms with E-state index < -0.39 is 12.1 Å². The summed E-state index contributed by atoms with van der Waals surface area (Å²) in [5.74, 6) is -0.880. The van der Waals surface area contributed by atoms with Crippen LogP contribution in [0.2, 0.25) is 5.02 Å². The monoisotopic (exact) mass is 434 g/mol. The molecule has 31 heavy (non-hydrogen) atoms. The van der Waals surface area contributed by atoms with Gasteiger partial charge in [0, 0.05) is 27.8 Å². The second kappa shape index (κ2) is 8.93. The van der Waals surface area contributed by atoms with Gasteiger partial charge in [-0.15, -0.1) is 0 Å². The normalized spacial score (nSPS) is 10.7. The highest BCUT2D eigenvalue weighted by atomic mass is 35.5. The number of carbonyl (C=O) groups excluding carboxylic acids is 1. The minimum absolute atomic E-state index is 0.0460. The average molecular weight is 435 g/mol. The summed E-state index contributed by atoms with van der Waals surface area (Å²) >= 11 is 6.27. The van der Waals surface area contributed by atoms with Crippen molar-refractivity contribution in [3.63, 3.8) is 0 Å². The first-order chi connectivity index (χ1) is 15.0. The van der Waals surface area contributed by atoms with Crippen LogP contribution in [0, 0.1) is 0 Å². The molecule has 7 heteroatoms. The summed E-state index contributed by atoms with van der Waals surface area (Å²) in [7, 11) is 0. The number of fused-ring (bicyclic) bond motifs is 1. The second-order valence-corrected chi connectivity index (χ2v) is 7.50. The van der Waals surface area contributed by atoms with Crippen molar-refractivity contribution in [1.29, 1.82) is 0 Å². The van der Waals surface area contributed by atoms with E-state index in [4.69, 9.17) is 21.4 Å². The number of H-pyrrole nitrogens is 1. The molecule has 0 saturated carbocycles. The topological polar surface area (TPSA) is 91.4 Å². The van der Waals surface area contributed by atoms with Gasteiger partial charge < -0.3 is 14.8 Å². The number of nitrogens with one attached hydrogen (secondary N) is 2. The first-order valence-electron chi connectivity index (χ1n) is 9.58. The Hall–Kier alpha value is -3.77. The lowest BCUT2D eigenvalue weighted by atomic mass is 10.0. The molecule has 0 aliphatic rings. The zero-order valence-electron chi connectivity index (χ0n) is 16.4. The summed E-state index contributed by atoms with van der Waals surface area (Å²) in [5.41, 5.74) is 4.64. The fourth-order valence-electron chi connectivity index (χ4n) is 3.38. The molecule has 1 aromatic heterocycles. The van der Waals surface area contributed by atoms with Crippen molar-refractivity contribution in [1.82, 2.24) is 4.98 Å². The number of halogens is 1. The summed E-state index contributed by atoms with van der Waals surface area (Å²) in [6.45, 7) is 0.169. The third-order valence-electron chi connectivity index (χ3n) is 4.80. The maximum atomic E-state index is 12.2. The predicted molar refractivity (Wildman–Crippen MR) is 120 cm³/mol. The van der Waals surface area contributed by atoms with Crippen LogP contribution in [0.25, 0.3) is 22.0 Å². The molecule has 0 atom stereocenters. The minimum atomic E-state index is -0.880. The van der Waals surface area contributed by atoms with Crippen molar-refractivity contribution in [2.75, 3.05) is 5.32 Å². The first kappa shape index (κ1) is 20.5. The van der Waals surface area contributed by atoms with Crippen LogP contribution in [-0.4, -0.2) is 22.2 Å². The molecule has 0 aliphatic heterocycles. The number of benzene rings is 3. The van der Waals surface area contributed by atoms with Gasteiger partial charge in [-0.1, -0.05) is 54.1 Å². The summed E-state index contributed by atoms with van der Waals surface area (Å²) in [6.07, 6.45) is 1.08. The van der Waals surface area contributed by atoms with E-state index in [-0.39, 0.29) is 13.0 Å².